The van der Waals surface area contributed by atoms with E-state index in [2.05, 4.69) is 9.97 Å². The van der Waals surface area contributed by atoms with E-state index in [0.29, 0.717) is 0 Å². The van der Waals surface area contributed by atoms with Gasteiger partial charge in [-0.3, -0.25) is 0 Å². The van der Waals surface area contributed by atoms with Gasteiger partial charge in [0.25, 0.3) is 0 Å². The first-order valence-corrected chi connectivity index (χ1v) is 5.28. The summed E-state index contributed by atoms with van der Waals surface area (Å²) in [6.45, 7) is 1.97. The number of H-pyrrole nitrogens is 1. The van der Waals surface area contributed by atoms with Gasteiger partial charge in [-0.2, -0.15) is 0 Å². The van der Waals surface area contributed by atoms with E-state index in [1.165, 1.54) is 17.7 Å². The Balaban J connectivity index is 2.47. The second-order valence-electron chi connectivity index (χ2n) is 3.62. The van der Waals surface area contributed by atoms with E-state index in [9.17, 15) is 0 Å². The first-order chi connectivity index (χ1) is 6.72. The zero-order valence-electron chi connectivity index (χ0n) is 8.46. The summed E-state index contributed by atoms with van der Waals surface area (Å²) in [5.41, 5.74) is 2.48. The number of rotatable bonds is 2. The summed E-state index contributed by atoms with van der Waals surface area (Å²) in [6, 6.07) is 0. The van der Waals surface area contributed by atoms with Crippen LogP contribution in [0.25, 0.3) is 0 Å². The van der Waals surface area contributed by atoms with Crippen molar-refractivity contribution in [2.24, 2.45) is 0 Å². The second kappa shape index (κ2) is 3.79. The van der Waals surface area contributed by atoms with Gasteiger partial charge in [0.05, 0.1) is 0 Å². The van der Waals surface area contributed by atoms with Crippen LogP contribution in [-0.4, -0.2) is 17.1 Å². The van der Waals surface area contributed by atoms with E-state index in [1.54, 1.807) is 7.11 Å². The number of aromatic nitrogens is 2. The summed E-state index contributed by atoms with van der Waals surface area (Å²) in [4.78, 5) is 7.66. The van der Waals surface area contributed by atoms with Crippen LogP contribution in [0.1, 0.15) is 36.5 Å². The minimum atomic E-state index is -0.0115. The van der Waals surface area contributed by atoms with Crippen LogP contribution in [0.15, 0.2) is 0 Å². The van der Waals surface area contributed by atoms with Gasteiger partial charge in [0.15, 0.2) is 0 Å². The lowest BCUT2D eigenvalue weighted by Gasteiger charge is -2.10. The molecule has 2 rings (SSSR count). The van der Waals surface area contributed by atoms with Crippen LogP contribution in [0, 0.1) is 4.64 Å². The molecule has 0 bridgehead atoms. The molecule has 14 heavy (non-hydrogen) atoms. The van der Waals surface area contributed by atoms with Gasteiger partial charge < -0.3 is 9.72 Å². The van der Waals surface area contributed by atoms with E-state index in [0.717, 1.165) is 23.3 Å². The molecule has 1 aliphatic rings. The number of ether oxygens (including phenoxy) is 1. The molecular formula is C10H14N2OS. The van der Waals surface area contributed by atoms with Gasteiger partial charge >= 0.3 is 0 Å². The molecule has 4 heteroatoms. The van der Waals surface area contributed by atoms with Crippen molar-refractivity contribution < 1.29 is 4.74 Å². The lowest BCUT2D eigenvalue weighted by atomic mass is 10.2. The third-order valence-corrected chi connectivity index (χ3v) is 3.05. The highest BCUT2D eigenvalue weighted by Gasteiger charge is 2.16. The molecule has 1 heterocycles. The highest BCUT2D eigenvalue weighted by Crippen LogP contribution is 2.22. The average molecular weight is 210 g/mol. The van der Waals surface area contributed by atoms with Gasteiger partial charge in [-0.1, -0.05) is 12.2 Å². The van der Waals surface area contributed by atoms with Gasteiger partial charge in [-0.15, -0.1) is 0 Å². The van der Waals surface area contributed by atoms with Crippen LogP contribution in [0.3, 0.4) is 0 Å². The number of nitrogens with one attached hydrogen (secondary N) is 1. The largest absolute Gasteiger partial charge is 0.374 e. The van der Waals surface area contributed by atoms with Crippen molar-refractivity contribution in [1.82, 2.24) is 9.97 Å². The molecule has 0 aromatic carbocycles. The minimum absolute atomic E-state index is 0.0115. The third kappa shape index (κ3) is 1.60. The molecule has 0 aliphatic heterocycles. The molecule has 0 saturated heterocycles. The summed E-state index contributed by atoms with van der Waals surface area (Å²) >= 11 is 5.25. The summed E-state index contributed by atoms with van der Waals surface area (Å²) in [5, 5.41) is 0. The van der Waals surface area contributed by atoms with Crippen molar-refractivity contribution >= 4 is 12.2 Å². The normalized spacial score (nSPS) is 16.7. The Morgan fingerprint density at radius 1 is 1.50 bits per heavy atom. The molecule has 0 spiro atoms. The maximum absolute atomic E-state index is 5.25. The highest BCUT2D eigenvalue weighted by atomic mass is 32.1. The average Bonchev–Trinajstić information content (AvgIpc) is 2.64. The van der Waals surface area contributed by atoms with Crippen LogP contribution in [0.2, 0.25) is 0 Å². The van der Waals surface area contributed by atoms with Gasteiger partial charge in [0.2, 0.25) is 0 Å². The number of hydrogen-bond acceptors (Lipinski definition) is 3. The lowest BCUT2D eigenvalue weighted by molar-refractivity contribution is 0.111. The third-order valence-electron chi connectivity index (χ3n) is 2.72. The topological polar surface area (TPSA) is 37.9 Å². The molecule has 1 unspecified atom stereocenters. The van der Waals surface area contributed by atoms with E-state index in [-0.39, 0.29) is 6.10 Å². The molecule has 0 amide bonds. The number of fused-ring (bicyclic) bond motifs is 1. The Morgan fingerprint density at radius 2 is 2.29 bits per heavy atom. The van der Waals surface area contributed by atoms with Crippen molar-refractivity contribution in [2.45, 2.75) is 32.3 Å². The number of hydrogen-bond donors (Lipinski definition) is 1. The fourth-order valence-corrected chi connectivity index (χ4v) is 2.10. The smallest absolute Gasteiger partial charge is 0.136 e. The quantitative estimate of drug-likeness (QED) is 0.761. The number of methoxy groups -OCH3 is 1. The van der Waals surface area contributed by atoms with Crippen molar-refractivity contribution in [2.75, 3.05) is 7.11 Å². The Labute approximate surface area is 88.5 Å². The fourth-order valence-electron chi connectivity index (χ4n) is 1.78. The molecule has 0 radical (unpaired) electrons. The van der Waals surface area contributed by atoms with Crippen molar-refractivity contribution in [3.05, 3.63) is 21.7 Å². The Hall–Kier alpha value is -0.740. The standard InChI is InChI=1S/C10H14N2OS/c1-6(13-2)9-11-8-5-3-4-7(8)10(14)12-9/h6H,3-5H2,1-2H3,(H,11,12,14). The predicted molar refractivity (Wildman–Crippen MR) is 56.9 cm³/mol. The molecular weight excluding hydrogens is 196 g/mol. The molecule has 0 saturated carbocycles. The van der Waals surface area contributed by atoms with Crippen molar-refractivity contribution in [3.63, 3.8) is 0 Å². The van der Waals surface area contributed by atoms with Crippen molar-refractivity contribution in [1.29, 1.82) is 0 Å². The van der Waals surface area contributed by atoms with Crippen LogP contribution in [0.4, 0.5) is 0 Å². The SMILES string of the molecule is COC(C)c1nc(=S)c2c([nH]1)CCC2. The summed E-state index contributed by atoms with van der Waals surface area (Å²) in [7, 11) is 1.68. The number of aryl methyl sites for hydroxylation is 1. The zero-order chi connectivity index (χ0) is 10.1. The monoisotopic (exact) mass is 210 g/mol. The molecule has 1 atom stereocenters. The summed E-state index contributed by atoms with van der Waals surface area (Å²) in [5.74, 6) is 0.846. The first kappa shape index (κ1) is 9.80. The molecule has 0 fully saturated rings. The minimum Gasteiger partial charge on any atom is -0.374 e. The summed E-state index contributed by atoms with van der Waals surface area (Å²) < 4.78 is 5.96. The van der Waals surface area contributed by atoms with Crippen LogP contribution >= 0.6 is 12.2 Å². The van der Waals surface area contributed by atoms with Crippen LogP contribution < -0.4 is 0 Å². The molecule has 3 nitrogen and oxygen atoms in total. The van der Waals surface area contributed by atoms with Gasteiger partial charge in [0, 0.05) is 18.4 Å². The Morgan fingerprint density at radius 3 is 3.00 bits per heavy atom. The second-order valence-corrected chi connectivity index (χ2v) is 4.00. The molecule has 1 aromatic rings. The van der Waals surface area contributed by atoms with E-state index in [1.807, 2.05) is 6.92 Å². The maximum atomic E-state index is 5.25. The van der Waals surface area contributed by atoms with Gasteiger partial charge in [0.1, 0.15) is 16.6 Å². The Bertz CT molecular complexity index is 400. The van der Waals surface area contributed by atoms with Gasteiger partial charge in [-0.25, -0.2) is 4.98 Å². The highest BCUT2D eigenvalue weighted by molar-refractivity contribution is 7.71. The molecule has 1 aliphatic carbocycles. The zero-order valence-corrected chi connectivity index (χ0v) is 9.28. The van der Waals surface area contributed by atoms with Crippen LogP contribution in [-0.2, 0) is 17.6 Å². The van der Waals surface area contributed by atoms with E-state index >= 15 is 0 Å². The number of nitrogens with zero attached hydrogens (tertiary/aromatic N) is 1. The predicted octanol–water partition coefficient (Wildman–Crippen LogP) is 2.34. The van der Waals surface area contributed by atoms with Crippen LogP contribution in [0.5, 0.6) is 0 Å². The van der Waals surface area contributed by atoms with E-state index < -0.39 is 0 Å². The van der Waals surface area contributed by atoms with E-state index in [4.69, 9.17) is 17.0 Å². The first-order valence-electron chi connectivity index (χ1n) is 4.87. The van der Waals surface area contributed by atoms with Gasteiger partial charge in [-0.05, 0) is 26.2 Å². The fraction of sp³-hybridized carbons (Fsp3) is 0.600. The number of aromatic amines is 1. The molecule has 1 aromatic heterocycles. The molecule has 76 valence electrons. The summed E-state index contributed by atoms with van der Waals surface area (Å²) in [6.07, 6.45) is 3.33. The lowest BCUT2D eigenvalue weighted by Crippen LogP contribution is -2.06. The Kier molecular flexibility index (Phi) is 2.65. The molecule has 1 N–H and O–H groups in total. The maximum Gasteiger partial charge on any atom is 0.136 e. The van der Waals surface area contributed by atoms with Crippen molar-refractivity contribution in [3.8, 4) is 0 Å².